The number of para-hydroxylation sites is 1. The number of aromatic nitrogens is 3. The second-order valence-corrected chi connectivity index (χ2v) is 9.48. The van der Waals surface area contributed by atoms with Gasteiger partial charge in [0.25, 0.3) is 11.5 Å². The van der Waals surface area contributed by atoms with Crippen LogP contribution in [0.15, 0.2) is 81.2 Å². The van der Waals surface area contributed by atoms with E-state index < -0.39 is 6.04 Å². The van der Waals surface area contributed by atoms with Gasteiger partial charge < -0.3 is 5.32 Å². The summed E-state index contributed by atoms with van der Waals surface area (Å²) in [5.74, 6) is -0.265. The molecule has 0 bridgehead atoms. The van der Waals surface area contributed by atoms with Gasteiger partial charge in [-0.3, -0.25) is 18.8 Å². The summed E-state index contributed by atoms with van der Waals surface area (Å²) in [5.41, 5.74) is 2.46. The molecular weight excluding hydrogens is 454 g/mol. The summed E-state index contributed by atoms with van der Waals surface area (Å²) in [4.78, 5) is 33.1. The summed E-state index contributed by atoms with van der Waals surface area (Å²) >= 11 is 2.84. The number of carbonyl (C=O) groups is 1. The van der Waals surface area contributed by atoms with Gasteiger partial charge in [-0.25, -0.2) is 4.99 Å². The third-order valence-electron chi connectivity index (χ3n) is 5.44. The number of amides is 1. The van der Waals surface area contributed by atoms with Crippen LogP contribution in [0, 0.1) is 0 Å². The average Bonchev–Trinajstić information content (AvgIpc) is 3.55. The molecule has 1 atom stereocenters. The molecule has 9 heteroatoms. The first-order valence-corrected chi connectivity index (χ1v) is 12.2. The van der Waals surface area contributed by atoms with Crippen molar-refractivity contribution in [2.45, 2.75) is 26.4 Å². The van der Waals surface area contributed by atoms with Crippen LogP contribution in [-0.2, 0) is 11.3 Å². The Kier molecular flexibility index (Phi) is 5.65. The SMILES string of the molecule is CCn1nccc1/C=c1/sc2n(c1=O)C(c1cccs1)C(C(=O)Nc1ccccc1)=C(C)N=2. The minimum Gasteiger partial charge on any atom is -0.322 e. The molecule has 4 aromatic rings. The molecule has 0 aliphatic carbocycles. The van der Waals surface area contributed by atoms with Crippen LogP contribution in [0.1, 0.15) is 30.5 Å². The number of thiophene rings is 1. The highest BCUT2D eigenvalue weighted by atomic mass is 32.1. The van der Waals surface area contributed by atoms with E-state index in [1.165, 1.54) is 22.7 Å². The van der Waals surface area contributed by atoms with E-state index in [2.05, 4.69) is 15.4 Å². The Morgan fingerprint density at radius 1 is 1.18 bits per heavy atom. The normalized spacial score (nSPS) is 15.9. The Morgan fingerprint density at radius 3 is 2.73 bits per heavy atom. The van der Waals surface area contributed by atoms with Crippen LogP contribution < -0.4 is 20.2 Å². The fraction of sp³-hybridized carbons (Fsp3) is 0.167. The van der Waals surface area contributed by atoms with E-state index in [0.29, 0.717) is 32.8 Å². The fourth-order valence-corrected chi connectivity index (χ4v) is 5.77. The summed E-state index contributed by atoms with van der Waals surface area (Å²) in [5, 5.41) is 9.19. The zero-order chi connectivity index (χ0) is 22.9. The van der Waals surface area contributed by atoms with Crippen LogP contribution in [0.2, 0.25) is 0 Å². The molecule has 166 valence electrons. The van der Waals surface area contributed by atoms with Gasteiger partial charge in [0.05, 0.1) is 21.5 Å². The summed E-state index contributed by atoms with van der Waals surface area (Å²) in [6.45, 7) is 4.53. The number of hydrogen-bond donors (Lipinski definition) is 1. The molecule has 1 unspecified atom stereocenters. The highest BCUT2D eigenvalue weighted by molar-refractivity contribution is 7.10. The molecule has 1 aliphatic rings. The Hall–Kier alpha value is -3.56. The van der Waals surface area contributed by atoms with E-state index in [0.717, 1.165) is 10.6 Å². The van der Waals surface area contributed by atoms with E-state index in [-0.39, 0.29) is 11.5 Å². The van der Waals surface area contributed by atoms with Crippen LogP contribution in [0.5, 0.6) is 0 Å². The first-order chi connectivity index (χ1) is 16.1. The predicted octanol–water partition coefficient (Wildman–Crippen LogP) is 3.15. The van der Waals surface area contributed by atoms with Crippen LogP contribution in [0.25, 0.3) is 6.08 Å². The van der Waals surface area contributed by atoms with Gasteiger partial charge in [0.1, 0.15) is 6.04 Å². The topological polar surface area (TPSA) is 81.3 Å². The molecular formula is C24H21N5O2S2. The number of aryl methyl sites for hydroxylation is 1. The van der Waals surface area contributed by atoms with Crippen LogP contribution in [0.3, 0.4) is 0 Å². The first-order valence-electron chi connectivity index (χ1n) is 10.5. The molecule has 4 heterocycles. The van der Waals surface area contributed by atoms with Crippen molar-refractivity contribution in [3.05, 3.63) is 102 Å². The lowest BCUT2D eigenvalue weighted by Gasteiger charge is -2.24. The Labute approximate surface area is 197 Å². The molecule has 0 fully saturated rings. The highest BCUT2D eigenvalue weighted by Gasteiger charge is 2.33. The van der Waals surface area contributed by atoms with Crippen molar-refractivity contribution in [3.8, 4) is 0 Å². The van der Waals surface area contributed by atoms with Crippen LogP contribution >= 0.6 is 22.7 Å². The van der Waals surface area contributed by atoms with Crippen molar-refractivity contribution in [3.63, 3.8) is 0 Å². The van der Waals surface area contributed by atoms with Crippen molar-refractivity contribution < 1.29 is 4.79 Å². The highest BCUT2D eigenvalue weighted by Crippen LogP contribution is 2.33. The second-order valence-electron chi connectivity index (χ2n) is 7.49. The molecule has 0 radical (unpaired) electrons. The number of allylic oxidation sites excluding steroid dienone is 1. The summed E-state index contributed by atoms with van der Waals surface area (Å²) < 4.78 is 4.03. The van der Waals surface area contributed by atoms with Crippen LogP contribution in [0.4, 0.5) is 5.69 Å². The third kappa shape index (κ3) is 3.90. The number of carbonyl (C=O) groups excluding carboxylic acids is 1. The predicted molar refractivity (Wildman–Crippen MR) is 131 cm³/mol. The van der Waals surface area contributed by atoms with Gasteiger partial charge in [0.15, 0.2) is 4.80 Å². The maximum atomic E-state index is 13.6. The number of hydrogen-bond acceptors (Lipinski definition) is 6. The molecule has 1 amide bonds. The van der Waals surface area contributed by atoms with Crippen molar-refractivity contribution in [2.24, 2.45) is 4.99 Å². The van der Waals surface area contributed by atoms with Crippen molar-refractivity contribution in [1.29, 1.82) is 0 Å². The van der Waals surface area contributed by atoms with E-state index in [1.807, 2.05) is 78.5 Å². The molecule has 7 nitrogen and oxygen atoms in total. The average molecular weight is 476 g/mol. The van der Waals surface area contributed by atoms with Crippen LogP contribution in [-0.4, -0.2) is 20.3 Å². The number of thiazole rings is 1. The smallest absolute Gasteiger partial charge is 0.271 e. The van der Waals surface area contributed by atoms with Crippen molar-refractivity contribution in [2.75, 3.05) is 5.32 Å². The lowest BCUT2D eigenvalue weighted by molar-refractivity contribution is -0.113. The monoisotopic (exact) mass is 475 g/mol. The minimum atomic E-state index is -0.539. The van der Waals surface area contributed by atoms with Gasteiger partial charge in [-0.1, -0.05) is 35.6 Å². The van der Waals surface area contributed by atoms with Crippen molar-refractivity contribution in [1.82, 2.24) is 14.3 Å². The number of nitrogens with zero attached hydrogens (tertiary/aromatic N) is 4. The zero-order valence-electron chi connectivity index (χ0n) is 18.1. The number of nitrogens with one attached hydrogen (secondary N) is 1. The molecule has 1 aromatic carbocycles. The number of fused-ring (bicyclic) bond motifs is 1. The number of anilines is 1. The third-order valence-corrected chi connectivity index (χ3v) is 7.35. The van der Waals surface area contributed by atoms with Gasteiger partial charge in [-0.15, -0.1) is 11.3 Å². The number of benzene rings is 1. The molecule has 0 saturated carbocycles. The van der Waals surface area contributed by atoms with E-state index in [9.17, 15) is 9.59 Å². The zero-order valence-corrected chi connectivity index (χ0v) is 19.7. The van der Waals surface area contributed by atoms with Gasteiger partial charge in [0.2, 0.25) is 0 Å². The number of rotatable bonds is 5. The summed E-state index contributed by atoms with van der Waals surface area (Å²) in [7, 11) is 0. The minimum absolute atomic E-state index is 0.168. The first kappa shape index (κ1) is 21.3. The lowest BCUT2D eigenvalue weighted by atomic mass is 10.0. The summed E-state index contributed by atoms with van der Waals surface area (Å²) in [6, 6.07) is 14.5. The maximum Gasteiger partial charge on any atom is 0.271 e. The Morgan fingerprint density at radius 2 is 2.00 bits per heavy atom. The standard InChI is InChI=1S/C24H21N5O2S2/c1-3-28-17(11-12-25-28)14-19-23(31)29-21(18-10-7-13-32-18)20(15(2)26-24(29)33-19)22(30)27-16-8-5-4-6-9-16/h4-14,21H,3H2,1-2H3,(H,27,30)/b19-14+. The van der Waals surface area contributed by atoms with Gasteiger partial charge in [-0.2, -0.15) is 5.10 Å². The van der Waals surface area contributed by atoms with Gasteiger partial charge in [-0.05, 0) is 49.6 Å². The molecule has 3 aromatic heterocycles. The second kappa shape index (κ2) is 8.76. The van der Waals surface area contributed by atoms with E-state index in [4.69, 9.17) is 0 Å². The molecule has 1 aliphatic heterocycles. The van der Waals surface area contributed by atoms with Gasteiger partial charge in [0, 0.05) is 23.3 Å². The lowest BCUT2D eigenvalue weighted by Crippen LogP contribution is -2.40. The van der Waals surface area contributed by atoms with E-state index in [1.54, 1.807) is 10.8 Å². The quantitative estimate of drug-likeness (QED) is 0.482. The summed E-state index contributed by atoms with van der Waals surface area (Å²) in [6.07, 6.45) is 3.56. The Balaban J connectivity index is 1.66. The van der Waals surface area contributed by atoms with Gasteiger partial charge >= 0.3 is 0 Å². The maximum absolute atomic E-state index is 13.6. The van der Waals surface area contributed by atoms with E-state index >= 15 is 0 Å². The molecule has 0 spiro atoms. The van der Waals surface area contributed by atoms with Crippen molar-refractivity contribution >= 4 is 40.3 Å². The molecule has 33 heavy (non-hydrogen) atoms. The molecule has 1 N–H and O–H groups in total. The largest absolute Gasteiger partial charge is 0.322 e. The molecule has 0 saturated heterocycles. The molecule has 5 rings (SSSR count). The Bertz CT molecular complexity index is 1530. The fourth-order valence-electron chi connectivity index (χ4n) is 3.91.